The molecule has 1 fully saturated rings. The summed E-state index contributed by atoms with van der Waals surface area (Å²) in [5.74, 6) is -0.407. The smallest absolute Gasteiger partial charge is 0.331 e. The van der Waals surface area contributed by atoms with Crippen LogP contribution in [-0.2, 0) is 14.3 Å². The number of esters is 1. The molecule has 1 atom stereocenters. The summed E-state index contributed by atoms with van der Waals surface area (Å²) in [7, 11) is 0. The number of ether oxygens (including phenoxy) is 1. The van der Waals surface area contributed by atoms with Crippen LogP contribution in [0, 0.1) is 0 Å². The van der Waals surface area contributed by atoms with E-state index in [1.165, 1.54) is 10.8 Å². The van der Waals surface area contributed by atoms with Crippen molar-refractivity contribution in [2.24, 2.45) is 0 Å². The molecule has 136 valence electrons. The van der Waals surface area contributed by atoms with Gasteiger partial charge in [0.2, 0.25) is 0 Å². The minimum Gasteiger partial charge on any atom is -0.452 e. The molecule has 1 saturated heterocycles. The van der Waals surface area contributed by atoms with Crippen molar-refractivity contribution in [1.29, 1.82) is 0 Å². The first-order valence-electron chi connectivity index (χ1n) is 8.76. The maximum Gasteiger partial charge on any atom is 0.331 e. The molecule has 1 aliphatic heterocycles. The number of hydrogen-bond donors (Lipinski definition) is 0. The highest BCUT2D eigenvalue weighted by molar-refractivity contribution is 7.18. The van der Waals surface area contributed by atoms with E-state index >= 15 is 0 Å². The fourth-order valence-corrected chi connectivity index (χ4v) is 4.08. The Morgan fingerprint density at radius 1 is 1.35 bits per heavy atom. The van der Waals surface area contributed by atoms with E-state index in [0.29, 0.717) is 13.1 Å². The van der Waals surface area contributed by atoms with Gasteiger partial charge in [0.25, 0.3) is 5.91 Å². The van der Waals surface area contributed by atoms with Crippen LogP contribution in [0.15, 0.2) is 48.6 Å². The molecule has 26 heavy (non-hydrogen) atoms. The highest BCUT2D eigenvalue weighted by Gasteiger charge is 2.27. The molecule has 2 heterocycles. The van der Waals surface area contributed by atoms with Gasteiger partial charge in [-0.15, -0.1) is 11.3 Å². The Morgan fingerprint density at radius 2 is 2.19 bits per heavy atom. The van der Waals surface area contributed by atoms with E-state index in [-0.39, 0.29) is 18.4 Å². The second-order valence-corrected chi connectivity index (χ2v) is 7.25. The molecular formula is C20H22N2O3S. The Balaban J connectivity index is 1.57. The second kappa shape index (κ2) is 8.76. The maximum atomic E-state index is 12.4. The van der Waals surface area contributed by atoms with Gasteiger partial charge < -0.3 is 9.64 Å². The van der Waals surface area contributed by atoms with Gasteiger partial charge in [-0.2, -0.15) is 0 Å². The van der Waals surface area contributed by atoms with Crippen LogP contribution < -0.4 is 0 Å². The van der Waals surface area contributed by atoms with Gasteiger partial charge in [0.15, 0.2) is 6.61 Å². The van der Waals surface area contributed by atoms with Crippen LogP contribution >= 0.6 is 11.3 Å². The fourth-order valence-electron chi connectivity index (χ4n) is 2.99. The van der Waals surface area contributed by atoms with E-state index in [9.17, 15) is 9.59 Å². The number of hydrogen-bond acceptors (Lipinski definition) is 5. The summed E-state index contributed by atoms with van der Waals surface area (Å²) in [6.07, 6.45) is 8.41. The van der Waals surface area contributed by atoms with Gasteiger partial charge in [-0.05, 0) is 31.9 Å². The predicted octanol–water partition coefficient (Wildman–Crippen LogP) is 3.68. The molecule has 2 aromatic rings. The van der Waals surface area contributed by atoms with Gasteiger partial charge in [-0.1, -0.05) is 30.4 Å². The average Bonchev–Trinajstić information content (AvgIpc) is 3.11. The monoisotopic (exact) mass is 370 g/mol. The maximum absolute atomic E-state index is 12.4. The molecule has 0 radical (unpaired) electrons. The van der Waals surface area contributed by atoms with Crippen LogP contribution in [0.25, 0.3) is 10.2 Å². The van der Waals surface area contributed by atoms with Crippen LogP contribution in [-0.4, -0.2) is 41.5 Å². The second-order valence-electron chi connectivity index (χ2n) is 6.19. The molecule has 6 heteroatoms. The minimum absolute atomic E-state index is 0.149. The molecule has 5 nitrogen and oxygen atoms in total. The first-order chi connectivity index (χ1) is 12.7. The van der Waals surface area contributed by atoms with E-state index in [1.807, 2.05) is 31.2 Å². The van der Waals surface area contributed by atoms with E-state index in [0.717, 1.165) is 23.4 Å². The van der Waals surface area contributed by atoms with Crippen molar-refractivity contribution in [1.82, 2.24) is 9.88 Å². The number of fused-ring (bicyclic) bond motifs is 1. The largest absolute Gasteiger partial charge is 0.452 e. The lowest BCUT2D eigenvalue weighted by atomic mass is 9.99. The van der Waals surface area contributed by atoms with Gasteiger partial charge in [0, 0.05) is 25.1 Å². The van der Waals surface area contributed by atoms with Gasteiger partial charge >= 0.3 is 5.97 Å². The highest BCUT2D eigenvalue weighted by atomic mass is 32.1. The number of nitrogens with zero attached hydrogens (tertiary/aromatic N) is 2. The third kappa shape index (κ3) is 4.58. The highest BCUT2D eigenvalue weighted by Crippen LogP contribution is 2.32. The number of carbonyl (C=O) groups is 2. The van der Waals surface area contributed by atoms with Crippen LogP contribution in [0.3, 0.4) is 0 Å². The molecule has 1 aromatic carbocycles. The fraction of sp³-hybridized carbons (Fsp3) is 0.350. The normalized spacial score (nSPS) is 18.0. The number of piperidine rings is 1. The summed E-state index contributed by atoms with van der Waals surface area (Å²) in [6.45, 7) is 2.97. The number of allylic oxidation sites excluding steroid dienone is 3. The van der Waals surface area contributed by atoms with E-state index < -0.39 is 5.97 Å². The number of thiazole rings is 1. The Morgan fingerprint density at radius 3 is 3.00 bits per heavy atom. The Kier molecular flexibility index (Phi) is 6.17. The Bertz CT molecular complexity index is 807. The van der Waals surface area contributed by atoms with E-state index in [1.54, 1.807) is 28.4 Å². The standard InChI is InChI=1S/C20H22N2O3S/c1-2-3-4-11-19(24)25-14-18(23)22-12-7-8-15(13-22)20-21-16-9-5-6-10-17(16)26-20/h2-6,9-11,15H,7-8,12-14H2,1H3/b3-2+,11-4+/t15-/m1/s1. The van der Waals surface area contributed by atoms with Crippen LogP contribution in [0.2, 0.25) is 0 Å². The van der Waals surface area contributed by atoms with Crippen LogP contribution in [0.1, 0.15) is 30.7 Å². The molecule has 0 aliphatic carbocycles. The summed E-state index contributed by atoms with van der Waals surface area (Å²) in [5.41, 5.74) is 1.01. The molecule has 1 aliphatic rings. The molecule has 0 spiro atoms. The summed E-state index contributed by atoms with van der Waals surface area (Å²) in [5, 5.41) is 1.08. The molecule has 1 aromatic heterocycles. The van der Waals surface area contributed by atoms with E-state index in [4.69, 9.17) is 9.72 Å². The minimum atomic E-state index is -0.504. The lowest BCUT2D eigenvalue weighted by molar-refractivity contribution is -0.148. The van der Waals surface area contributed by atoms with Crippen LogP contribution in [0.5, 0.6) is 0 Å². The number of rotatable bonds is 5. The van der Waals surface area contributed by atoms with Gasteiger partial charge in [0.05, 0.1) is 15.2 Å². The zero-order valence-corrected chi connectivity index (χ0v) is 15.6. The predicted molar refractivity (Wildman–Crippen MR) is 103 cm³/mol. The molecule has 3 rings (SSSR count). The SMILES string of the molecule is C/C=C/C=C/C(=O)OCC(=O)N1CCC[C@@H](c2nc3ccccc3s2)C1. The summed E-state index contributed by atoms with van der Waals surface area (Å²) >= 11 is 1.70. The summed E-state index contributed by atoms with van der Waals surface area (Å²) in [4.78, 5) is 30.5. The number of aromatic nitrogens is 1. The topological polar surface area (TPSA) is 59.5 Å². The molecular weight excluding hydrogens is 348 g/mol. The molecule has 0 bridgehead atoms. The van der Waals surface area contributed by atoms with Crippen molar-refractivity contribution in [2.75, 3.05) is 19.7 Å². The molecule has 0 saturated carbocycles. The summed E-state index contributed by atoms with van der Waals surface area (Å²) in [6, 6.07) is 8.09. The quantitative estimate of drug-likeness (QED) is 0.458. The summed E-state index contributed by atoms with van der Waals surface area (Å²) < 4.78 is 6.20. The van der Waals surface area contributed by atoms with Crippen molar-refractivity contribution in [2.45, 2.75) is 25.7 Å². The number of para-hydroxylation sites is 1. The van der Waals surface area contributed by atoms with Gasteiger partial charge in [0.1, 0.15) is 0 Å². The first-order valence-corrected chi connectivity index (χ1v) is 9.58. The number of carbonyl (C=O) groups excluding carboxylic acids is 2. The number of amides is 1. The number of benzene rings is 1. The van der Waals surface area contributed by atoms with Crippen molar-refractivity contribution in [3.8, 4) is 0 Å². The molecule has 0 N–H and O–H groups in total. The zero-order valence-electron chi connectivity index (χ0n) is 14.8. The third-order valence-corrected chi connectivity index (χ3v) is 5.51. The Hall–Kier alpha value is -2.47. The first kappa shape index (κ1) is 18.3. The average molecular weight is 370 g/mol. The van der Waals surface area contributed by atoms with Crippen molar-refractivity contribution in [3.05, 3.63) is 53.6 Å². The molecule has 0 unspecified atom stereocenters. The van der Waals surface area contributed by atoms with Crippen LogP contribution in [0.4, 0.5) is 0 Å². The van der Waals surface area contributed by atoms with Crippen molar-refractivity contribution >= 4 is 33.4 Å². The Labute approximate surface area is 157 Å². The van der Waals surface area contributed by atoms with E-state index in [2.05, 4.69) is 6.07 Å². The zero-order chi connectivity index (χ0) is 18.4. The lowest BCUT2D eigenvalue weighted by Crippen LogP contribution is -2.41. The number of likely N-dealkylation sites (tertiary alicyclic amines) is 1. The van der Waals surface area contributed by atoms with Gasteiger partial charge in [-0.25, -0.2) is 9.78 Å². The molecule has 1 amide bonds. The van der Waals surface area contributed by atoms with Crippen molar-refractivity contribution in [3.63, 3.8) is 0 Å². The van der Waals surface area contributed by atoms with Gasteiger partial charge in [-0.3, -0.25) is 4.79 Å². The lowest BCUT2D eigenvalue weighted by Gasteiger charge is -2.31. The van der Waals surface area contributed by atoms with Crippen molar-refractivity contribution < 1.29 is 14.3 Å². The third-order valence-electron chi connectivity index (χ3n) is 4.31.